The number of hydrogen-bond acceptors (Lipinski definition) is 5. The van der Waals surface area contributed by atoms with E-state index in [1.165, 1.54) is 0 Å². The highest BCUT2D eigenvalue weighted by atomic mass is 16.2. The third-order valence-electron chi connectivity index (χ3n) is 5.87. The summed E-state index contributed by atoms with van der Waals surface area (Å²) in [5.74, 6) is -0.557. The molecule has 0 radical (unpaired) electrons. The molecule has 4 N–H and O–H groups in total. The second-order valence-electron chi connectivity index (χ2n) is 7.99. The van der Waals surface area contributed by atoms with Gasteiger partial charge in [-0.1, -0.05) is 0 Å². The molecule has 3 heterocycles. The van der Waals surface area contributed by atoms with Crippen LogP contribution in [-0.2, 0) is 4.79 Å². The molecule has 1 saturated heterocycles. The average Bonchev–Trinajstić information content (AvgIpc) is 3.30. The van der Waals surface area contributed by atoms with Crippen LogP contribution in [0.25, 0.3) is 21.7 Å². The molecule has 32 heavy (non-hydrogen) atoms. The van der Waals surface area contributed by atoms with E-state index in [2.05, 4.69) is 26.0 Å². The highest BCUT2D eigenvalue weighted by molar-refractivity contribution is 5.98. The van der Waals surface area contributed by atoms with E-state index in [-0.39, 0.29) is 23.3 Å². The molecule has 1 atom stereocenters. The largest absolute Gasteiger partial charge is 0.338 e. The molecular weight excluding hydrogens is 408 g/mol. The first-order chi connectivity index (χ1) is 15.6. The number of H-pyrrole nitrogens is 2. The molecule has 0 bridgehead atoms. The van der Waals surface area contributed by atoms with Crippen LogP contribution in [0.1, 0.15) is 23.2 Å². The molecule has 4 aromatic rings. The summed E-state index contributed by atoms with van der Waals surface area (Å²) in [7, 11) is 0. The van der Waals surface area contributed by atoms with Crippen molar-refractivity contribution in [2.24, 2.45) is 5.92 Å². The number of anilines is 1. The third kappa shape index (κ3) is 3.80. The van der Waals surface area contributed by atoms with Gasteiger partial charge < -0.3 is 9.88 Å². The molecule has 1 fully saturated rings. The number of aromatic amines is 2. The minimum atomic E-state index is -0.304. The summed E-state index contributed by atoms with van der Waals surface area (Å²) in [5.41, 5.74) is 7.65. The highest BCUT2D eigenvalue weighted by Gasteiger charge is 2.29. The number of amides is 2. The number of hydrazine groups is 1. The molecule has 0 spiro atoms. The summed E-state index contributed by atoms with van der Waals surface area (Å²) in [6.45, 7) is 0.988. The first kappa shape index (κ1) is 19.8. The summed E-state index contributed by atoms with van der Waals surface area (Å²) < 4.78 is 0. The number of rotatable bonds is 4. The Labute approximate surface area is 182 Å². The van der Waals surface area contributed by atoms with Crippen molar-refractivity contribution in [1.82, 2.24) is 25.5 Å². The minimum Gasteiger partial charge on any atom is -0.338 e. The van der Waals surface area contributed by atoms with Gasteiger partial charge in [0.2, 0.25) is 5.91 Å². The molecule has 0 aliphatic carbocycles. The Kier molecular flexibility index (Phi) is 5.06. The Morgan fingerprint density at radius 2 is 2.00 bits per heavy atom. The van der Waals surface area contributed by atoms with Gasteiger partial charge in [-0.15, -0.1) is 0 Å². The third-order valence-corrected chi connectivity index (χ3v) is 5.87. The van der Waals surface area contributed by atoms with Crippen molar-refractivity contribution < 1.29 is 9.59 Å². The van der Waals surface area contributed by atoms with Crippen LogP contribution >= 0.6 is 0 Å². The first-order valence-electron chi connectivity index (χ1n) is 10.5. The Bertz CT molecular complexity index is 1370. The predicted molar refractivity (Wildman–Crippen MR) is 121 cm³/mol. The van der Waals surface area contributed by atoms with E-state index in [9.17, 15) is 14.4 Å². The normalized spacial score (nSPS) is 16.2. The number of carbonyl (C=O) groups is 2. The summed E-state index contributed by atoms with van der Waals surface area (Å²) in [6, 6.07) is 12.5. The second kappa shape index (κ2) is 8.18. The van der Waals surface area contributed by atoms with E-state index in [1.807, 2.05) is 12.1 Å². The molecule has 2 aromatic carbocycles. The number of likely N-dealkylation sites (tertiary alicyclic amines) is 1. The van der Waals surface area contributed by atoms with Gasteiger partial charge in [0, 0.05) is 35.6 Å². The van der Waals surface area contributed by atoms with Gasteiger partial charge in [0.25, 0.3) is 11.5 Å². The standard InChI is InChI=1S/C23H22N6O3/c30-21(28-26-18-4-5-19-14(11-18)7-8-24-22(19)31)16-2-1-9-29(13-16)23(32)15-3-6-20-17(10-15)12-25-27-20/h3-8,10-12,16,26H,1-2,9,13H2,(H,24,31)(H,25,27)(H,28,30). The van der Waals surface area contributed by atoms with Crippen molar-refractivity contribution in [2.45, 2.75) is 12.8 Å². The lowest BCUT2D eigenvalue weighted by atomic mass is 9.96. The van der Waals surface area contributed by atoms with Gasteiger partial charge in [-0.3, -0.25) is 30.3 Å². The molecule has 162 valence electrons. The van der Waals surface area contributed by atoms with Crippen LogP contribution in [0.3, 0.4) is 0 Å². The van der Waals surface area contributed by atoms with Gasteiger partial charge in [-0.2, -0.15) is 5.10 Å². The fraction of sp³-hybridized carbons (Fsp3) is 0.217. The van der Waals surface area contributed by atoms with Gasteiger partial charge in [0.05, 0.1) is 23.3 Å². The van der Waals surface area contributed by atoms with Gasteiger partial charge in [-0.25, -0.2) is 0 Å². The zero-order valence-corrected chi connectivity index (χ0v) is 17.2. The molecule has 1 aliphatic rings. The number of pyridine rings is 1. The average molecular weight is 430 g/mol. The maximum atomic E-state index is 13.0. The Balaban J connectivity index is 1.23. The van der Waals surface area contributed by atoms with E-state index < -0.39 is 0 Å². The molecule has 0 saturated carbocycles. The van der Waals surface area contributed by atoms with Crippen LogP contribution in [0, 0.1) is 5.92 Å². The monoisotopic (exact) mass is 430 g/mol. The van der Waals surface area contributed by atoms with E-state index in [0.29, 0.717) is 36.1 Å². The topological polar surface area (TPSA) is 123 Å². The Morgan fingerprint density at radius 3 is 2.91 bits per heavy atom. The SMILES string of the molecule is O=C(NNc1ccc2c(=O)[nH]ccc2c1)C1CCCN(C(=O)c2ccc3[nH]ncc3c2)C1. The van der Waals surface area contributed by atoms with E-state index >= 15 is 0 Å². The first-order valence-corrected chi connectivity index (χ1v) is 10.5. The number of nitrogens with zero attached hydrogens (tertiary/aromatic N) is 2. The maximum Gasteiger partial charge on any atom is 0.255 e. The van der Waals surface area contributed by atoms with Gasteiger partial charge >= 0.3 is 0 Å². The molecule has 9 heteroatoms. The fourth-order valence-electron chi connectivity index (χ4n) is 4.14. The van der Waals surface area contributed by atoms with Crippen molar-refractivity contribution in [3.63, 3.8) is 0 Å². The lowest BCUT2D eigenvalue weighted by Gasteiger charge is -2.32. The van der Waals surface area contributed by atoms with Crippen molar-refractivity contribution in [3.8, 4) is 0 Å². The number of carbonyl (C=O) groups excluding carboxylic acids is 2. The zero-order chi connectivity index (χ0) is 22.1. The van der Waals surface area contributed by atoms with Crippen LogP contribution in [0.2, 0.25) is 0 Å². The lowest BCUT2D eigenvalue weighted by molar-refractivity contribution is -0.125. The smallest absolute Gasteiger partial charge is 0.255 e. The van der Waals surface area contributed by atoms with Gasteiger partial charge in [-0.05, 0) is 60.7 Å². The molecule has 2 amide bonds. The van der Waals surface area contributed by atoms with E-state index in [0.717, 1.165) is 22.7 Å². The Morgan fingerprint density at radius 1 is 1.09 bits per heavy atom. The van der Waals surface area contributed by atoms with Crippen LogP contribution < -0.4 is 16.4 Å². The molecule has 1 aliphatic heterocycles. The summed E-state index contributed by atoms with van der Waals surface area (Å²) in [4.78, 5) is 41.9. The van der Waals surface area contributed by atoms with Crippen molar-refractivity contribution in [2.75, 3.05) is 18.5 Å². The number of nitrogens with one attached hydrogen (secondary N) is 4. The van der Waals surface area contributed by atoms with Crippen LogP contribution in [0.4, 0.5) is 5.69 Å². The number of benzene rings is 2. The summed E-state index contributed by atoms with van der Waals surface area (Å²) in [5, 5.41) is 9.10. The highest BCUT2D eigenvalue weighted by Crippen LogP contribution is 2.21. The van der Waals surface area contributed by atoms with Crippen molar-refractivity contribution in [1.29, 1.82) is 0 Å². The fourth-order valence-corrected chi connectivity index (χ4v) is 4.14. The number of fused-ring (bicyclic) bond motifs is 2. The lowest BCUT2D eigenvalue weighted by Crippen LogP contribution is -2.46. The van der Waals surface area contributed by atoms with Crippen LogP contribution in [0.15, 0.2) is 59.7 Å². The van der Waals surface area contributed by atoms with E-state index in [4.69, 9.17) is 0 Å². The maximum absolute atomic E-state index is 13.0. The molecule has 9 nitrogen and oxygen atoms in total. The molecule has 2 aromatic heterocycles. The number of hydrogen-bond donors (Lipinski definition) is 4. The Hall–Kier alpha value is -4.14. The van der Waals surface area contributed by atoms with Crippen molar-refractivity contribution in [3.05, 3.63) is 70.8 Å². The van der Waals surface area contributed by atoms with E-state index in [1.54, 1.807) is 47.6 Å². The van der Waals surface area contributed by atoms with Crippen LogP contribution in [-0.4, -0.2) is 45.0 Å². The predicted octanol–water partition coefficient (Wildman–Crippen LogP) is 2.40. The summed E-state index contributed by atoms with van der Waals surface area (Å²) in [6.07, 6.45) is 4.75. The molecule has 5 rings (SSSR count). The van der Waals surface area contributed by atoms with Crippen LogP contribution in [0.5, 0.6) is 0 Å². The second-order valence-corrected chi connectivity index (χ2v) is 7.99. The quantitative estimate of drug-likeness (QED) is 0.370. The summed E-state index contributed by atoms with van der Waals surface area (Å²) >= 11 is 0. The molecule has 1 unspecified atom stereocenters. The van der Waals surface area contributed by atoms with Gasteiger partial charge in [0.15, 0.2) is 0 Å². The number of aromatic nitrogens is 3. The van der Waals surface area contributed by atoms with Gasteiger partial charge in [0.1, 0.15) is 0 Å². The zero-order valence-electron chi connectivity index (χ0n) is 17.2. The number of piperidine rings is 1. The minimum absolute atomic E-state index is 0.0849. The molecular formula is C23H22N6O3. The van der Waals surface area contributed by atoms with Crippen molar-refractivity contribution >= 4 is 39.2 Å².